The van der Waals surface area contributed by atoms with E-state index in [9.17, 15) is 4.79 Å². The van der Waals surface area contributed by atoms with Crippen LogP contribution in [0, 0.1) is 6.92 Å². The van der Waals surface area contributed by atoms with Gasteiger partial charge in [-0.2, -0.15) is 0 Å². The SMILES string of the molecule is COc1cc(OC)cc(C(=O)Nc2cc(C)ccc2Br)c1. The second-order valence-corrected chi connectivity index (χ2v) is 5.39. The number of ether oxygens (including phenoxy) is 2. The number of hydrogen-bond acceptors (Lipinski definition) is 3. The average Bonchev–Trinajstić information content (AvgIpc) is 2.50. The lowest BCUT2D eigenvalue weighted by Gasteiger charge is -2.11. The zero-order valence-electron chi connectivity index (χ0n) is 12.1. The molecule has 0 radical (unpaired) electrons. The van der Waals surface area contributed by atoms with Crippen molar-refractivity contribution >= 4 is 27.5 Å². The van der Waals surface area contributed by atoms with Crippen LogP contribution in [-0.4, -0.2) is 20.1 Å². The fraction of sp³-hybridized carbons (Fsp3) is 0.188. The molecule has 110 valence electrons. The molecule has 1 amide bonds. The lowest BCUT2D eigenvalue weighted by Crippen LogP contribution is -2.12. The molecule has 0 atom stereocenters. The largest absolute Gasteiger partial charge is 0.497 e. The van der Waals surface area contributed by atoms with Gasteiger partial charge in [0.2, 0.25) is 0 Å². The van der Waals surface area contributed by atoms with E-state index >= 15 is 0 Å². The Labute approximate surface area is 132 Å². The number of carbonyl (C=O) groups excluding carboxylic acids is 1. The standard InChI is InChI=1S/C16H16BrNO3/c1-10-4-5-14(17)15(6-10)18-16(19)11-7-12(20-2)9-13(8-11)21-3/h4-9H,1-3H3,(H,18,19). The van der Waals surface area contributed by atoms with Crippen molar-refractivity contribution in [2.24, 2.45) is 0 Å². The molecule has 0 saturated heterocycles. The second kappa shape index (κ2) is 6.63. The maximum Gasteiger partial charge on any atom is 0.255 e. The first kappa shape index (κ1) is 15.4. The van der Waals surface area contributed by atoms with Crippen LogP contribution in [0.2, 0.25) is 0 Å². The molecule has 0 fully saturated rings. The van der Waals surface area contributed by atoms with Gasteiger partial charge in [-0.25, -0.2) is 0 Å². The number of methoxy groups -OCH3 is 2. The summed E-state index contributed by atoms with van der Waals surface area (Å²) in [5.74, 6) is 0.920. The van der Waals surface area contributed by atoms with Crippen molar-refractivity contribution in [1.29, 1.82) is 0 Å². The Bertz CT molecular complexity index is 648. The molecule has 21 heavy (non-hydrogen) atoms. The van der Waals surface area contributed by atoms with Crippen molar-refractivity contribution in [2.75, 3.05) is 19.5 Å². The summed E-state index contributed by atoms with van der Waals surface area (Å²) in [5.41, 5.74) is 2.26. The number of anilines is 1. The highest BCUT2D eigenvalue weighted by Gasteiger charge is 2.11. The van der Waals surface area contributed by atoms with Crippen molar-refractivity contribution in [3.8, 4) is 11.5 Å². The molecule has 0 unspecified atom stereocenters. The number of amides is 1. The summed E-state index contributed by atoms with van der Waals surface area (Å²) in [6, 6.07) is 10.8. The second-order valence-electron chi connectivity index (χ2n) is 4.54. The van der Waals surface area contributed by atoms with Gasteiger partial charge in [-0.05, 0) is 52.7 Å². The monoisotopic (exact) mass is 349 g/mol. The molecular weight excluding hydrogens is 334 g/mol. The normalized spacial score (nSPS) is 10.1. The zero-order valence-corrected chi connectivity index (χ0v) is 13.7. The summed E-state index contributed by atoms with van der Waals surface area (Å²) < 4.78 is 11.2. The van der Waals surface area contributed by atoms with Gasteiger partial charge in [-0.15, -0.1) is 0 Å². The van der Waals surface area contributed by atoms with E-state index in [1.165, 1.54) is 0 Å². The van der Waals surface area contributed by atoms with Gasteiger partial charge in [0, 0.05) is 16.1 Å². The summed E-state index contributed by atoms with van der Waals surface area (Å²) in [5, 5.41) is 2.87. The third-order valence-electron chi connectivity index (χ3n) is 2.98. The third kappa shape index (κ3) is 3.76. The van der Waals surface area contributed by atoms with Crippen molar-refractivity contribution in [2.45, 2.75) is 6.92 Å². The van der Waals surface area contributed by atoms with Crippen LogP contribution >= 0.6 is 15.9 Å². The van der Waals surface area contributed by atoms with Gasteiger partial charge in [-0.3, -0.25) is 4.79 Å². The number of rotatable bonds is 4. The van der Waals surface area contributed by atoms with Crippen LogP contribution in [-0.2, 0) is 0 Å². The van der Waals surface area contributed by atoms with Crippen molar-refractivity contribution in [3.05, 3.63) is 52.0 Å². The molecule has 0 aliphatic heterocycles. The Hall–Kier alpha value is -2.01. The summed E-state index contributed by atoms with van der Waals surface area (Å²) in [4.78, 5) is 12.4. The van der Waals surface area contributed by atoms with E-state index in [-0.39, 0.29) is 5.91 Å². The number of aryl methyl sites for hydroxylation is 1. The van der Waals surface area contributed by atoms with Gasteiger partial charge in [0.05, 0.1) is 19.9 Å². The Morgan fingerprint density at radius 2 is 1.67 bits per heavy atom. The first-order chi connectivity index (χ1) is 10.0. The number of nitrogens with one attached hydrogen (secondary N) is 1. The lowest BCUT2D eigenvalue weighted by molar-refractivity contribution is 0.102. The molecular formula is C16H16BrNO3. The van der Waals surface area contributed by atoms with Crippen molar-refractivity contribution in [1.82, 2.24) is 0 Å². The molecule has 2 aromatic carbocycles. The van der Waals surface area contributed by atoms with Gasteiger partial charge in [0.1, 0.15) is 11.5 Å². The Morgan fingerprint density at radius 3 is 2.24 bits per heavy atom. The lowest BCUT2D eigenvalue weighted by atomic mass is 10.1. The molecule has 0 aliphatic carbocycles. The number of halogens is 1. The van der Waals surface area contributed by atoms with Crippen LogP contribution in [0.3, 0.4) is 0 Å². The molecule has 1 N–H and O–H groups in total. The Morgan fingerprint density at radius 1 is 1.05 bits per heavy atom. The molecule has 0 aromatic heterocycles. The minimum Gasteiger partial charge on any atom is -0.497 e. The fourth-order valence-electron chi connectivity index (χ4n) is 1.87. The molecule has 2 rings (SSSR count). The Kier molecular flexibility index (Phi) is 4.85. The van der Waals surface area contributed by atoms with Crippen LogP contribution in [0.5, 0.6) is 11.5 Å². The van der Waals surface area contributed by atoms with Crippen LogP contribution in [0.25, 0.3) is 0 Å². The van der Waals surface area contributed by atoms with E-state index in [0.29, 0.717) is 17.1 Å². The van der Waals surface area contributed by atoms with E-state index in [1.54, 1.807) is 32.4 Å². The number of benzene rings is 2. The smallest absolute Gasteiger partial charge is 0.255 e. The summed E-state index contributed by atoms with van der Waals surface area (Å²) in [7, 11) is 3.10. The molecule has 2 aromatic rings. The molecule has 5 heteroatoms. The summed E-state index contributed by atoms with van der Waals surface area (Å²) in [6.45, 7) is 1.97. The minimum atomic E-state index is -0.224. The summed E-state index contributed by atoms with van der Waals surface area (Å²) in [6.07, 6.45) is 0. The van der Waals surface area contributed by atoms with Crippen molar-refractivity contribution < 1.29 is 14.3 Å². The topological polar surface area (TPSA) is 47.6 Å². The van der Waals surface area contributed by atoms with Gasteiger partial charge in [0.25, 0.3) is 5.91 Å². The molecule has 0 saturated carbocycles. The van der Waals surface area contributed by atoms with E-state index in [2.05, 4.69) is 21.2 Å². The van der Waals surface area contributed by atoms with Gasteiger partial charge in [-0.1, -0.05) is 6.07 Å². The highest BCUT2D eigenvalue weighted by Crippen LogP contribution is 2.26. The maximum atomic E-state index is 12.4. The first-order valence-corrected chi connectivity index (χ1v) is 7.13. The predicted molar refractivity (Wildman–Crippen MR) is 86.4 cm³/mol. The van der Waals surface area contributed by atoms with Crippen LogP contribution in [0.1, 0.15) is 15.9 Å². The maximum absolute atomic E-state index is 12.4. The van der Waals surface area contributed by atoms with E-state index in [0.717, 1.165) is 15.7 Å². The van der Waals surface area contributed by atoms with Crippen LogP contribution in [0.4, 0.5) is 5.69 Å². The highest BCUT2D eigenvalue weighted by atomic mass is 79.9. The van der Waals surface area contributed by atoms with Gasteiger partial charge >= 0.3 is 0 Å². The van der Waals surface area contributed by atoms with E-state index in [1.807, 2.05) is 25.1 Å². The summed E-state index contributed by atoms with van der Waals surface area (Å²) >= 11 is 3.42. The third-order valence-corrected chi connectivity index (χ3v) is 3.68. The van der Waals surface area contributed by atoms with Crippen LogP contribution in [0.15, 0.2) is 40.9 Å². The van der Waals surface area contributed by atoms with E-state index < -0.39 is 0 Å². The molecule has 4 nitrogen and oxygen atoms in total. The molecule has 0 spiro atoms. The average molecular weight is 350 g/mol. The molecule has 0 aliphatic rings. The minimum absolute atomic E-state index is 0.224. The van der Waals surface area contributed by atoms with E-state index in [4.69, 9.17) is 9.47 Å². The predicted octanol–water partition coefficient (Wildman–Crippen LogP) is 4.03. The van der Waals surface area contributed by atoms with Crippen molar-refractivity contribution in [3.63, 3.8) is 0 Å². The van der Waals surface area contributed by atoms with Gasteiger partial charge in [0.15, 0.2) is 0 Å². The van der Waals surface area contributed by atoms with Gasteiger partial charge < -0.3 is 14.8 Å². The Balaban J connectivity index is 2.29. The first-order valence-electron chi connectivity index (χ1n) is 6.34. The zero-order chi connectivity index (χ0) is 15.4. The highest BCUT2D eigenvalue weighted by molar-refractivity contribution is 9.10. The van der Waals surface area contributed by atoms with Crippen LogP contribution < -0.4 is 14.8 Å². The fourth-order valence-corrected chi connectivity index (χ4v) is 2.21. The molecule has 0 bridgehead atoms. The number of carbonyl (C=O) groups is 1. The number of hydrogen-bond donors (Lipinski definition) is 1. The molecule has 0 heterocycles. The quantitative estimate of drug-likeness (QED) is 0.906.